The number of hydrogen-bond acceptors (Lipinski definition) is 5. The Morgan fingerprint density at radius 2 is 2.03 bits per heavy atom. The lowest BCUT2D eigenvalue weighted by atomic mass is 9.81. The van der Waals surface area contributed by atoms with Gasteiger partial charge < -0.3 is 4.90 Å². The van der Waals surface area contributed by atoms with Crippen LogP contribution < -0.4 is 10.4 Å². The van der Waals surface area contributed by atoms with Crippen molar-refractivity contribution in [1.29, 1.82) is 0 Å². The Bertz CT molecular complexity index is 1060. The van der Waals surface area contributed by atoms with Crippen molar-refractivity contribution < 1.29 is 10.0 Å². The van der Waals surface area contributed by atoms with Gasteiger partial charge in [0.15, 0.2) is 0 Å². The monoisotopic (exact) mass is 402 g/mol. The first-order valence-electron chi connectivity index (χ1n) is 10.2. The number of hydrogen-bond donors (Lipinski definition) is 2. The number of benzene rings is 2. The molecule has 6 nitrogen and oxygen atoms in total. The maximum Gasteiger partial charge on any atom is 0.274 e. The van der Waals surface area contributed by atoms with E-state index < -0.39 is 5.91 Å². The van der Waals surface area contributed by atoms with E-state index in [1.54, 1.807) is 11.5 Å². The van der Waals surface area contributed by atoms with E-state index in [4.69, 9.17) is 10.2 Å². The maximum absolute atomic E-state index is 11.7. The van der Waals surface area contributed by atoms with Crippen LogP contribution in [0.25, 0.3) is 11.3 Å². The van der Waals surface area contributed by atoms with Crippen molar-refractivity contribution >= 4 is 11.6 Å². The highest BCUT2D eigenvalue weighted by atomic mass is 16.5. The molecule has 2 aromatic carbocycles. The van der Waals surface area contributed by atoms with Crippen molar-refractivity contribution in [3.05, 3.63) is 77.2 Å². The lowest BCUT2D eigenvalue weighted by Gasteiger charge is -2.24. The third-order valence-electron chi connectivity index (χ3n) is 5.74. The molecule has 1 unspecified atom stereocenters. The van der Waals surface area contributed by atoms with E-state index >= 15 is 0 Å². The summed E-state index contributed by atoms with van der Waals surface area (Å²) >= 11 is 0. The quantitative estimate of drug-likeness (QED) is 0.503. The molecule has 0 spiro atoms. The normalized spacial score (nSPS) is 15.4. The van der Waals surface area contributed by atoms with Gasteiger partial charge in [0, 0.05) is 43.5 Å². The average Bonchev–Trinajstić information content (AvgIpc) is 2.78. The van der Waals surface area contributed by atoms with Gasteiger partial charge in [0.25, 0.3) is 5.91 Å². The Morgan fingerprint density at radius 3 is 2.83 bits per heavy atom. The fraction of sp³-hybridized carbons (Fsp3) is 0.292. The smallest absolute Gasteiger partial charge is 0.274 e. The van der Waals surface area contributed by atoms with Crippen LogP contribution in [0.15, 0.2) is 54.7 Å². The lowest BCUT2D eigenvalue weighted by Crippen LogP contribution is -2.21. The van der Waals surface area contributed by atoms with Gasteiger partial charge >= 0.3 is 0 Å². The molecule has 2 N–H and O–H groups in total. The number of hydroxylamine groups is 1. The molecule has 0 saturated carbocycles. The maximum atomic E-state index is 11.7. The molecule has 1 aliphatic carbocycles. The summed E-state index contributed by atoms with van der Waals surface area (Å²) in [4.78, 5) is 23.1. The highest BCUT2D eigenvalue weighted by molar-refractivity contribution is 5.93. The van der Waals surface area contributed by atoms with Crippen LogP contribution in [0.2, 0.25) is 0 Å². The van der Waals surface area contributed by atoms with Crippen LogP contribution in [0.5, 0.6) is 0 Å². The zero-order valence-corrected chi connectivity index (χ0v) is 17.3. The molecule has 3 aromatic rings. The van der Waals surface area contributed by atoms with E-state index in [2.05, 4.69) is 28.1 Å². The van der Waals surface area contributed by atoms with Crippen molar-refractivity contribution in [2.45, 2.75) is 25.7 Å². The Morgan fingerprint density at radius 1 is 1.17 bits per heavy atom. The molecule has 6 heteroatoms. The largest absolute Gasteiger partial charge is 0.378 e. The molecule has 1 atom stereocenters. The van der Waals surface area contributed by atoms with Gasteiger partial charge in [-0.1, -0.05) is 18.2 Å². The average molecular weight is 402 g/mol. The minimum absolute atomic E-state index is 0.424. The minimum atomic E-state index is -0.476. The molecule has 0 radical (unpaired) electrons. The summed E-state index contributed by atoms with van der Waals surface area (Å²) in [5, 5.41) is 8.89. The summed E-state index contributed by atoms with van der Waals surface area (Å²) in [5.41, 5.74) is 7.79. The second-order valence-corrected chi connectivity index (χ2v) is 8.04. The van der Waals surface area contributed by atoms with Crippen LogP contribution in [-0.4, -0.2) is 35.2 Å². The second kappa shape index (κ2) is 8.63. The first-order chi connectivity index (χ1) is 14.5. The molecule has 1 heterocycles. The van der Waals surface area contributed by atoms with Crippen molar-refractivity contribution in [1.82, 2.24) is 15.4 Å². The van der Waals surface area contributed by atoms with E-state index in [0.717, 1.165) is 48.5 Å². The molecular formula is C24H26N4O2. The Balaban J connectivity index is 1.51. The van der Waals surface area contributed by atoms with Gasteiger partial charge in [-0.3, -0.25) is 10.0 Å². The number of carbonyl (C=O) groups excluding carboxylic acids is 1. The Hall–Kier alpha value is -3.25. The van der Waals surface area contributed by atoms with Crippen LogP contribution in [-0.2, 0) is 19.3 Å². The topological polar surface area (TPSA) is 78.4 Å². The first kappa shape index (κ1) is 20.0. The van der Waals surface area contributed by atoms with E-state index in [1.165, 1.54) is 11.1 Å². The third-order valence-corrected chi connectivity index (χ3v) is 5.74. The van der Waals surface area contributed by atoms with Crippen molar-refractivity contribution in [2.24, 2.45) is 5.92 Å². The second-order valence-electron chi connectivity index (χ2n) is 8.04. The summed E-state index contributed by atoms with van der Waals surface area (Å²) in [6, 6.07) is 15.9. The molecule has 0 aliphatic heterocycles. The predicted octanol–water partition coefficient (Wildman–Crippen LogP) is 3.68. The van der Waals surface area contributed by atoms with Gasteiger partial charge in [-0.2, -0.15) is 0 Å². The van der Waals surface area contributed by atoms with Crippen molar-refractivity contribution in [3.8, 4) is 11.3 Å². The highest BCUT2D eigenvalue weighted by Gasteiger charge is 2.21. The van der Waals surface area contributed by atoms with Crippen LogP contribution in [0, 0.1) is 5.92 Å². The number of amides is 1. The van der Waals surface area contributed by atoms with E-state index in [1.807, 2.05) is 44.6 Å². The number of aryl methyl sites for hydroxylation is 1. The summed E-state index contributed by atoms with van der Waals surface area (Å²) in [6.07, 6.45) is 5.57. The fourth-order valence-corrected chi connectivity index (χ4v) is 4.07. The van der Waals surface area contributed by atoms with Crippen LogP contribution in [0.4, 0.5) is 5.69 Å². The van der Waals surface area contributed by atoms with E-state index in [9.17, 15) is 4.79 Å². The molecule has 1 amide bonds. The number of carbonyl (C=O) groups is 1. The van der Waals surface area contributed by atoms with Crippen LogP contribution >= 0.6 is 0 Å². The number of rotatable bonds is 5. The Kier molecular flexibility index (Phi) is 5.77. The fourth-order valence-electron chi connectivity index (χ4n) is 4.07. The molecule has 30 heavy (non-hydrogen) atoms. The molecule has 0 bridgehead atoms. The number of nitrogens with zero attached hydrogens (tertiary/aromatic N) is 3. The summed E-state index contributed by atoms with van der Waals surface area (Å²) in [5.74, 6) is 0.796. The highest BCUT2D eigenvalue weighted by Crippen LogP contribution is 2.29. The molecule has 0 fully saturated rings. The lowest BCUT2D eigenvalue weighted by molar-refractivity contribution is 0.0706. The Labute approximate surface area is 176 Å². The molecule has 4 rings (SSSR count). The molecular weight excluding hydrogens is 376 g/mol. The van der Waals surface area contributed by atoms with Gasteiger partial charge in [0.1, 0.15) is 5.82 Å². The molecule has 1 aromatic heterocycles. The van der Waals surface area contributed by atoms with E-state index in [0.29, 0.717) is 11.5 Å². The van der Waals surface area contributed by atoms with Crippen LogP contribution in [0.1, 0.15) is 33.7 Å². The zero-order valence-electron chi connectivity index (χ0n) is 17.3. The predicted molar refractivity (Wildman–Crippen MR) is 117 cm³/mol. The van der Waals surface area contributed by atoms with Gasteiger partial charge in [0.2, 0.25) is 0 Å². The summed E-state index contributed by atoms with van der Waals surface area (Å²) < 4.78 is 0. The van der Waals surface area contributed by atoms with Gasteiger partial charge in [-0.05, 0) is 66.6 Å². The van der Waals surface area contributed by atoms with Gasteiger partial charge in [-0.15, -0.1) is 0 Å². The SMILES string of the molecule is CN(C)c1cccc(-c2ccnc(CC3CCc4ccc(C(=O)NO)cc4C3)n2)c1. The van der Waals surface area contributed by atoms with Crippen molar-refractivity contribution in [3.63, 3.8) is 0 Å². The standard InChI is InChI=1S/C24H26N4O2/c1-28(2)21-5-3-4-18(15-21)22-10-11-25-23(26-22)13-16-6-7-17-8-9-19(24(29)27-30)14-20(17)12-16/h3-5,8-11,14-16,30H,6-7,12-13H2,1-2H3,(H,27,29). The molecule has 1 aliphatic rings. The summed E-state index contributed by atoms with van der Waals surface area (Å²) in [6.45, 7) is 0. The third kappa shape index (κ3) is 4.33. The number of anilines is 1. The van der Waals surface area contributed by atoms with Gasteiger partial charge in [-0.25, -0.2) is 15.4 Å². The number of aromatic nitrogens is 2. The van der Waals surface area contributed by atoms with Gasteiger partial charge in [0.05, 0.1) is 5.69 Å². The minimum Gasteiger partial charge on any atom is -0.378 e. The zero-order chi connectivity index (χ0) is 21.1. The van der Waals surface area contributed by atoms with Crippen molar-refractivity contribution in [2.75, 3.05) is 19.0 Å². The van der Waals surface area contributed by atoms with E-state index in [-0.39, 0.29) is 0 Å². The molecule has 0 saturated heterocycles. The number of fused-ring (bicyclic) bond motifs is 1. The number of nitrogens with one attached hydrogen (secondary N) is 1. The first-order valence-corrected chi connectivity index (χ1v) is 10.2. The summed E-state index contributed by atoms with van der Waals surface area (Å²) in [7, 11) is 4.06. The molecule has 154 valence electrons. The van der Waals surface area contributed by atoms with Crippen LogP contribution in [0.3, 0.4) is 0 Å².